The van der Waals surface area contributed by atoms with Crippen molar-refractivity contribution in [3.05, 3.63) is 114 Å². The third-order valence-electron chi connectivity index (χ3n) is 6.41. The molecule has 0 atom stereocenters. The second-order valence-electron chi connectivity index (χ2n) is 8.62. The standard InChI is InChI=1S/C31H18BrN3O/c32-25-17-15-19-8-4-5-11-22(19)28(25)31-34-29(20-9-2-1-3-10-20)33-30(35-31)21-14-16-24-23-12-6-7-13-26(23)36-27(24)18-21/h1-18H. The highest BCUT2D eigenvalue weighted by Gasteiger charge is 2.17. The Kier molecular flexibility index (Phi) is 4.89. The van der Waals surface area contributed by atoms with E-state index in [2.05, 4.69) is 52.3 Å². The van der Waals surface area contributed by atoms with Crippen molar-refractivity contribution >= 4 is 48.6 Å². The van der Waals surface area contributed by atoms with Crippen LogP contribution < -0.4 is 0 Å². The van der Waals surface area contributed by atoms with Crippen LogP contribution in [0.25, 0.3) is 66.9 Å². The van der Waals surface area contributed by atoms with Crippen LogP contribution in [0.3, 0.4) is 0 Å². The van der Waals surface area contributed by atoms with Crippen LogP contribution in [0.2, 0.25) is 0 Å². The second-order valence-corrected chi connectivity index (χ2v) is 9.48. The number of hydrogen-bond donors (Lipinski definition) is 0. The van der Waals surface area contributed by atoms with Crippen LogP contribution in [0.4, 0.5) is 0 Å². The van der Waals surface area contributed by atoms with Gasteiger partial charge in [0.1, 0.15) is 11.2 Å². The highest BCUT2D eigenvalue weighted by Crippen LogP contribution is 2.36. The summed E-state index contributed by atoms with van der Waals surface area (Å²) in [5.41, 5.74) is 4.43. The SMILES string of the molecule is Brc1ccc2ccccc2c1-c1nc(-c2ccccc2)nc(-c2ccc3c(c2)oc2ccccc23)n1. The largest absolute Gasteiger partial charge is 0.456 e. The molecular weight excluding hydrogens is 510 g/mol. The Bertz CT molecular complexity index is 1910. The lowest BCUT2D eigenvalue weighted by Crippen LogP contribution is -2.01. The van der Waals surface area contributed by atoms with Gasteiger partial charge in [-0.25, -0.2) is 15.0 Å². The minimum absolute atomic E-state index is 0.598. The number of rotatable bonds is 3. The molecule has 0 unspecified atom stereocenters. The molecule has 2 aromatic heterocycles. The Hall–Kier alpha value is -4.35. The molecule has 0 amide bonds. The monoisotopic (exact) mass is 527 g/mol. The van der Waals surface area contributed by atoms with Crippen molar-refractivity contribution in [2.45, 2.75) is 0 Å². The molecule has 0 saturated carbocycles. The molecule has 170 valence electrons. The molecule has 0 fully saturated rings. The summed E-state index contributed by atoms with van der Waals surface area (Å²) in [4.78, 5) is 14.8. The van der Waals surface area contributed by atoms with Crippen molar-refractivity contribution in [3.8, 4) is 34.2 Å². The fourth-order valence-electron chi connectivity index (χ4n) is 4.67. The van der Waals surface area contributed by atoms with Gasteiger partial charge in [-0.05, 0) is 35.0 Å². The number of halogens is 1. The number of hydrogen-bond acceptors (Lipinski definition) is 4. The maximum Gasteiger partial charge on any atom is 0.165 e. The van der Waals surface area contributed by atoms with Crippen molar-refractivity contribution in [1.29, 1.82) is 0 Å². The van der Waals surface area contributed by atoms with Gasteiger partial charge in [-0.15, -0.1) is 0 Å². The molecule has 7 aromatic rings. The van der Waals surface area contributed by atoms with Crippen molar-refractivity contribution in [2.24, 2.45) is 0 Å². The molecule has 4 nitrogen and oxygen atoms in total. The van der Waals surface area contributed by atoms with Crippen LogP contribution in [-0.2, 0) is 0 Å². The van der Waals surface area contributed by atoms with Crippen LogP contribution in [-0.4, -0.2) is 15.0 Å². The van der Waals surface area contributed by atoms with Gasteiger partial charge in [0.05, 0.1) is 0 Å². The Morgan fingerprint density at radius 2 is 1.17 bits per heavy atom. The summed E-state index contributed by atoms with van der Waals surface area (Å²) in [6.07, 6.45) is 0. The van der Waals surface area contributed by atoms with E-state index >= 15 is 0 Å². The minimum Gasteiger partial charge on any atom is -0.456 e. The highest BCUT2D eigenvalue weighted by atomic mass is 79.9. The van der Waals surface area contributed by atoms with E-state index in [9.17, 15) is 0 Å². The predicted octanol–water partition coefficient (Wildman–Crippen LogP) is 8.69. The lowest BCUT2D eigenvalue weighted by Gasteiger charge is -2.12. The average Bonchev–Trinajstić information content (AvgIpc) is 3.31. The van der Waals surface area contributed by atoms with E-state index in [1.54, 1.807) is 0 Å². The van der Waals surface area contributed by atoms with Gasteiger partial charge < -0.3 is 4.42 Å². The molecule has 5 heteroatoms. The van der Waals surface area contributed by atoms with Crippen LogP contribution in [0.15, 0.2) is 118 Å². The second kappa shape index (κ2) is 8.40. The van der Waals surface area contributed by atoms with Crippen molar-refractivity contribution in [3.63, 3.8) is 0 Å². The number of furan rings is 1. The molecule has 0 bridgehead atoms. The number of para-hydroxylation sites is 1. The molecule has 5 aromatic carbocycles. The van der Waals surface area contributed by atoms with E-state index < -0.39 is 0 Å². The summed E-state index contributed by atoms with van der Waals surface area (Å²) in [5.74, 6) is 1.84. The molecule has 2 heterocycles. The maximum absolute atomic E-state index is 6.14. The fourth-order valence-corrected chi connectivity index (χ4v) is 5.19. The molecule has 0 saturated heterocycles. The van der Waals surface area contributed by atoms with E-state index in [0.29, 0.717) is 17.5 Å². The van der Waals surface area contributed by atoms with Gasteiger partial charge in [0, 0.05) is 31.9 Å². The molecule has 36 heavy (non-hydrogen) atoms. The van der Waals surface area contributed by atoms with Gasteiger partial charge in [0.25, 0.3) is 0 Å². The van der Waals surface area contributed by atoms with Gasteiger partial charge in [-0.2, -0.15) is 0 Å². The van der Waals surface area contributed by atoms with Crippen molar-refractivity contribution in [2.75, 3.05) is 0 Å². The van der Waals surface area contributed by atoms with Crippen LogP contribution in [0, 0.1) is 0 Å². The van der Waals surface area contributed by atoms with E-state index in [1.807, 2.05) is 72.8 Å². The first-order valence-electron chi connectivity index (χ1n) is 11.7. The van der Waals surface area contributed by atoms with Crippen LogP contribution >= 0.6 is 15.9 Å². The molecule has 0 aliphatic heterocycles. The van der Waals surface area contributed by atoms with Gasteiger partial charge in [0.2, 0.25) is 0 Å². The smallest absolute Gasteiger partial charge is 0.165 e. The quantitative estimate of drug-likeness (QED) is 0.230. The fraction of sp³-hybridized carbons (Fsp3) is 0. The predicted molar refractivity (Wildman–Crippen MR) is 149 cm³/mol. The number of aromatic nitrogens is 3. The zero-order valence-corrected chi connectivity index (χ0v) is 20.6. The Morgan fingerprint density at radius 3 is 2.03 bits per heavy atom. The van der Waals surface area contributed by atoms with Crippen molar-refractivity contribution in [1.82, 2.24) is 15.0 Å². The molecule has 7 rings (SSSR count). The van der Waals surface area contributed by atoms with E-state index in [0.717, 1.165) is 53.9 Å². The summed E-state index contributed by atoms with van der Waals surface area (Å²) < 4.78 is 7.08. The highest BCUT2D eigenvalue weighted by molar-refractivity contribution is 9.10. The topological polar surface area (TPSA) is 51.8 Å². The first-order chi connectivity index (χ1) is 17.7. The van der Waals surface area contributed by atoms with Crippen molar-refractivity contribution < 1.29 is 4.42 Å². The summed E-state index contributed by atoms with van der Waals surface area (Å²) >= 11 is 3.75. The Balaban J connectivity index is 1.49. The van der Waals surface area contributed by atoms with Gasteiger partial charge in [-0.3, -0.25) is 0 Å². The first-order valence-corrected chi connectivity index (χ1v) is 12.4. The van der Waals surface area contributed by atoms with E-state index in [-0.39, 0.29) is 0 Å². The lowest BCUT2D eigenvalue weighted by molar-refractivity contribution is 0.669. The third-order valence-corrected chi connectivity index (χ3v) is 7.07. The summed E-state index contributed by atoms with van der Waals surface area (Å²) in [7, 11) is 0. The number of nitrogens with zero attached hydrogens (tertiary/aromatic N) is 3. The molecular formula is C31H18BrN3O. The number of benzene rings is 5. The zero-order chi connectivity index (χ0) is 24.1. The third kappa shape index (κ3) is 3.48. The maximum atomic E-state index is 6.14. The summed E-state index contributed by atoms with van der Waals surface area (Å²) in [6, 6.07) is 36.6. The average molecular weight is 528 g/mol. The van der Waals surface area contributed by atoms with Gasteiger partial charge in [-0.1, -0.05) is 101 Å². The number of fused-ring (bicyclic) bond motifs is 4. The lowest BCUT2D eigenvalue weighted by atomic mass is 10.0. The van der Waals surface area contributed by atoms with Gasteiger partial charge in [0.15, 0.2) is 17.5 Å². The Morgan fingerprint density at radius 1 is 0.500 bits per heavy atom. The molecule has 0 radical (unpaired) electrons. The molecule has 0 N–H and O–H groups in total. The normalized spacial score (nSPS) is 11.5. The molecule has 0 spiro atoms. The molecule has 0 aliphatic carbocycles. The first kappa shape index (κ1) is 21.0. The zero-order valence-electron chi connectivity index (χ0n) is 19.0. The Labute approximate surface area is 215 Å². The summed E-state index contributed by atoms with van der Waals surface area (Å²) in [5, 5.41) is 4.38. The van der Waals surface area contributed by atoms with Crippen LogP contribution in [0.1, 0.15) is 0 Å². The minimum atomic E-state index is 0.598. The summed E-state index contributed by atoms with van der Waals surface area (Å²) in [6.45, 7) is 0. The van der Waals surface area contributed by atoms with E-state index in [4.69, 9.17) is 19.4 Å². The molecule has 0 aliphatic rings. The van der Waals surface area contributed by atoms with Crippen LogP contribution in [0.5, 0.6) is 0 Å². The van der Waals surface area contributed by atoms with Gasteiger partial charge >= 0.3 is 0 Å². The van der Waals surface area contributed by atoms with E-state index in [1.165, 1.54) is 0 Å².